The minimum atomic E-state index is -0.308. The van der Waals surface area contributed by atoms with Crippen molar-refractivity contribution in [2.45, 2.75) is 38.9 Å². The molecular weight excluding hydrogens is 271 g/mol. The summed E-state index contributed by atoms with van der Waals surface area (Å²) in [7, 11) is -0.302. The first-order valence-electron chi connectivity index (χ1n) is 6.60. The molecule has 0 spiro atoms. The molecule has 20 heavy (non-hydrogen) atoms. The number of hydrogen-bond acceptors (Lipinski definition) is 5. The van der Waals surface area contributed by atoms with Gasteiger partial charge in [-0.25, -0.2) is 9.97 Å². The van der Waals surface area contributed by atoms with Crippen molar-refractivity contribution in [1.29, 1.82) is 0 Å². The summed E-state index contributed by atoms with van der Waals surface area (Å²) in [6, 6.07) is 4.11. The molecule has 1 aliphatic heterocycles. The third-order valence-corrected chi connectivity index (χ3v) is 5.11. The van der Waals surface area contributed by atoms with Gasteiger partial charge in [-0.15, -0.1) is 11.3 Å². The molecule has 0 aliphatic carbocycles. The second kappa shape index (κ2) is 4.65. The lowest BCUT2D eigenvalue weighted by Gasteiger charge is -2.32. The van der Waals surface area contributed by atoms with Gasteiger partial charge < -0.3 is 9.31 Å². The fraction of sp³-hybridized carbons (Fsp3) is 0.429. The fourth-order valence-electron chi connectivity index (χ4n) is 2.02. The average molecular weight is 288 g/mol. The highest BCUT2D eigenvalue weighted by atomic mass is 32.1. The van der Waals surface area contributed by atoms with Crippen LogP contribution >= 0.6 is 11.3 Å². The van der Waals surface area contributed by atoms with Gasteiger partial charge in [0.2, 0.25) is 0 Å². The second-order valence-electron chi connectivity index (χ2n) is 5.92. The average Bonchev–Trinajstić information content (AvgIpc) is 2.94. The van der Waals surface area contributed by atoms with E-state index in [1.165, 1.54) is 6.33 Å². The smallest absolute Gasteiger partial charge is 0.399 e. The Hall–Kier alpha value is -1.24. The minimum absolute atomic E-state index is 0.302. The highest BCUT2D eigenvalue weighted by Crippen LogP contribution is 2.37. The second-order valence-corrected chi connectivity index (χ2v) is 7.03. The fourth-order valence-corrected chi connectivity index (χ4v) is 2.96. The van der Waals surface area contributed by atoms with Crippen LogP contribution < -0.4 is 4.78 Å². The van der Waals surface area contributed by atoms with E-state index < -0.39 is 0 Å². The third kappa shape index (κ3) is 2.28. The van der Waals surface area contributed by atoms with Crippen molar-refractivity contribution >= 4 is 23.2 Å². The molecule has 0 N–H and O–H groups in total. The summed E-state index contributed by atoms with van der Waals surface area (Å²) < 4.78 is 13.2. The summed E-state index contributed by atoms with van der Waals surface area (Å²) in [5, 5.41) is 0. The van der Waals surface area contributed by atoms with Gasteiger partial charge in [0.1, 0.15) is 6.33 Å². The number of aromatic nitrogens is 2. The van der Waals surface area contributed by atoms with Gasteiger partial charge in [0, 0.05) is 27.6 Å². The highest BCUT2D eigenvalue weighted by Gasteiger charge is 2.52. The van der Waals surface area contributed by atoms with Crippen LogP contribution in [0.25, 0.3) is 10.4 Å². The standard InChI is InChI=1S/C14H17BN2O2S/c1-13(2)14(3,4)19-15(18-13)12-6-5-11(20-12)10-7-16-9-17-8-10/h5-9H,1-4H3. The maximum atomic E-state index is 6.06. The summed E-state index contributed by atoms with van der Waals surface area (Å²) in [6.07, 6.45) is 5.16. The van der Waals surface area contributed by atoms with Crippen LogP contribution in [0.5, 0.6) is 0 Å². The van der Waals surface area contributed by atoms with Gasteiger partial charge in [0.05, 0.1) is 11.2 Å². The maximum absolute atomic E-state index is 6.06. The van der Waals surface area contributed by atoms with Gasteiger partial charge in [0.25, 0.3) is 0 Å². The van der Waals surface area contributed by atoms with E-state index in [-0.39, 0.29) is 18.3 Å². The molecular formula is C14H17BN2O2S. The van der Waals surface area contributed by atoms with E-state index >= 15 is 0 Å². The monoisotopic (exact) mass is 288 g/mol. The largest absolute Gasteiger partial charge is 0.505 e. The molecule has 3 rings (SSSR count). The maximum Gasteiger partial charge on any atom is 0.505 e. The Kier molecular flexibility index (Phi) is 3.19. The molecule has 0 bridgehead atoms. The number of rotatable bonds is 2. The molecule has 0 aromatic carbocycles. The minimum Gasteiger partial charge on any atom is -0.399 e. The molecule has 104 valence electrons. The zero-order valence-electron chi connectivity index (χ0n) is 12.1. The predicted molar refractivity (Wildman–Crippen MR) is 81.1 cm³/mol. The van der Waals surface area contributed by atoms with Crippen LogP contribution in [0.3, 0.4) is 0 Å². The molecule has 6 heteroatoms. The van der Waals surface area contributed by atoms with Gasteiger partial charge in [-0.1, -0.05) is 6.07 Å². The van der Waals surface area contributed by atoms with Crippen LogP contribution in [-0.4, -0.2) is 28.3 Å². The molecule has 0 unspecified atom stereocenters. The Labute approximate surface area is 123 Å². The zero-order chi connectivity index (χ0) is 14.4. The summed E-state index contributed by atoms with van der Waals surface area (Å²) in [5.74, 6) is 0. The van der Waals surface area contributed by atoms with Crippen LogP contribution in [0.1, 0.15) is 27.7 Å². The number of hydrogen-bond donors (Lipinski definition) is 0. The Morgan fingerprint density at radius 1 is 1.00 bits per heavy atom. The quantitative estimate of drug-likeness (QED) is 0.796. The van der Waals surface area contributed by atoms with E-state index in [1.54, 1.807) is 11.3 Å². The molecule has 0 amide bonds. The number of thiophene rings is 1. The van der Waals surface area contributed by atoms with E-state index in [9.17, 15) is 0 Å². The van der Waals surface area contributed by atoms with Gasteiger partial charge in [-0.05, 0) is 33.8 Å². The number of nitrogens with zero attached hydrogens (tertiary/aromatic N) is 2. The molecule has 4 nitrogen and oxygen atoms in total. The molecule has 1 aliphatic rings. The normalized spacial score (nSPS) is 20.3. The van der Waals surface area contributed by atoms with Crippen molar-refractivity contribution in [3.63, 3.8) is 0 Å². The Bertz CT molecular complexity index is 597. The van der Waals surface area contributed by atoms with Crippen molar-refractivity contribution in [2.75, 3.05) is 0 Å². The van der Waals surface area contributed by atoms with Gasteiger partial charge in [-0.2, -0.15) is 0 Å². The first-order valence-corrected chi connectivity index (χ1v) is 7.41. The lowest BCUT2D eigenvalue weighted by atomic mass is 9.88. The van der Waals surface area contributed by atoms with Crippen molar-refractivity contribution in [1.82, 2.24) is 9.97 Å². The third-order valence-electron chi connectivity index (χ3n) is 3.96. The topological polar surface area (TPSA) is 44.2 Å². The van der Waals surface area contributed by atoms with Crippen molar-refractivity contribution < 1.29 is 9.31 Å². The Morgan fingerprint density at radius 2 is 1.60 bits per heavy atom. The van der Waals surface area contributed by atoms with E-state index in [2.05, 4.69) is 49.8 Å². The van der Waals surface area contributed by atoms with E-state index in [1.807, 2.05) is 12.4 Å². The van der Waals surface area contributed by atoms with Crippen molar-refractivity contribution in [3.8, 4) is 10.4 Å². The molecule has 2 aromatic rings. The van der Waals surface area contributed by atoms with Gasteiger partial charge in [-0.3, -0.25) is 0 Å². The van der Waals surface area contributed by atoms with E-state index in [0.717, 1.165) is 15.2 Å². The molecule has 0 radical (unpaired) electrons. The van der Waals surface area contributed by atoms with E-state index in [0.29, 0.717) is 0 Å². The molecule has 0 saturated carbocycles. The summed E-state index contributed by atoms with van der Waals surface area (Å²) >= 11 is 1.65. The predicted octanol–water partition coefficient (Wildman–Crippen LogP) is 2.50. The van der Waals surface area contributed by atoms with Crippen LogP contribution in [0.2, 0.25) is 0 Å². The Balaban J connectivity index is 1.86. The first-order chi connectivity index (χ1) is 9.39. The van der Waals surface area contributed by atoms with E-state index in [4.69, 9.17) is 9.31 Å². The lowest BCUT2D eigenvalue weighted by Crippen LogP contribution is -2.41. The van der Waals surface area contributed by atoms with Crippen LogP contribution in [0.15, 0.2) is 30.9 Å². The van der Waals surface area contributed by atoms with Crippen molar-refractivity contribution in [3.05, 3.63) is 30.9 Å². The summed E-state index contributed by atoms with van der Waals surface area (Å²) in [5.41, 5.74) is 0.398. The summed E-state index contributed by atoms with van der Waals surface area (Å²) in [4.78, 5) is 9.21. The molecule has 3 heterocycles. The van der Waals surface area contributed by atoms with Crippen LogP contribution in [0, 0.1) is 0 Å². The molecule has 2 aromatic heterocycles. The highest BCUT2D eigenvalue weighted by molar-refractivity contribution is 7.25. The summed E-state index contributed by atoms with van der Waals surface area (Å²) in [6.45, 7) is 8.25. The van der Waals surface area contributed by atoms with Crippen molar-refractivity contribution in [2.24, 2.45) is 0 Å². The zero-order valence-corrected chi connectivity index (χ0v) is 12.9. The lowest BCUT2D eigenvalue weighted by molar-refractivity contribution is 0.00578. The Morgan fingerprint density at radius 3 is 2.20 bits per heavy atom. The molecule has 1 fully saturated rings. The SMILES string of the molecule is CC1(C)OB(c2ccc(-c3cncnc3)s2)OC1(C)C. The van der Waals surface area contributed by atoms with Crippen LogP contribution in [-0.2, 0) is 9.31 Å². The van der Waals surface area contributed by atoms with Gasteiger partial charge >= 0.3 is 7.12 Å². The van der Waals surface area contributed by atoms with Gasteiger partial charge in [0.15, 0.2) is 0 Å². The first kappa shape index (κ1) is 13.7. The molecule has 1 saturated heterocycles. The molecule has 0 atom stereocenters. The van der Waals surface area contributed by atoms with Crippen LogP contribution in [0.4, 0.5) is 0 Å².